The quantitative estimate of drug-likeness (QED) is 0.382. The normalized spacial score (nSPS) is 28.9. The monoisotopic (exact) mass is 643 g/mol. The topological polar surface area (TPSA) is 132 Å². The van der Waals surface area contributed by atoms with E-state index in [1.807, 2.05) is 6.92 Å². The molecule has 3 saturated heterocycles. The molecule has 7 rings (SSSR count). The van der Waals surface area contributed by atoms with Crippen LogP contribution in [-0.4, -0.2) is 79.2 Å². The molecule has 12 nitrogen and oxygen atoms in total. The van der Waals surface area contributed by atoms with E-state index >= 15 is 0 Å². The molecule has 2 bridgehead atoms. The number of rotatable bonds is 8. The first-order chi connectivity index (χ1) is 22.1. The molecule has 4 aliphatic rings. The number of fused-ring (bicyclic) bond motifs is 3. The van der Waals surface area contributed by atoms with Crippen LogP contribution in [0.3, 0.4) is 0 Å². The van der Waals surface area contributed by atoms with E-state index < -0.39 is 36.5 Å². The first kappa shape index (κ1) is 30.9. The number of piperidine rings is 1. The zero-order valence-corrected chi connectivity index (χ0v) is 26.0. The number of imidazole rings is 1. The van der Waals surface area contributed by atoms with Crippen molar-refractivity contribution in [3.8, 4) is 0 Å². The van der Waals surface area contributed by atoms with Crippen molar-refractivity contribution >= 4 is 23.4 Å². The first-order valence-corrected chi connectivity index (χ1v) is 16.4. The highest BCUT2D eigenvalue weighted by Gasteiger charge is 2.46. The van der Waals surface area contributed by atoms with Crippen molar-refractivity contribution in [2.45, 2.75) is 89.7 Å². The number of halogens is 3. The highest BCUT2D eigenvalue weighted by atomic mass is 19.4. The van der Waals surface area contributed by atoms with Crippen molar-refractivity contribution in [3.63, 3.8) is 0 Å². The lowest BCUT2D eigenvalue weighted by atomic mass is 9.78. The summed E-state index contributed by atoms with van der Waals surface area (Å²) in [7, 11) is 0. The lowest BCUT2D eigenvalue weighted by Gasteiger charge is -2.32. The maximum atomic E-state index is 13.6. The number of aryl methyl sites for hydroxylation is 1. The fraction of sp³-hybridized carbons (Fsp3) is 0.677. The molecule has 15 heteroatoms. The van der Waals surface area contributed by atoms with Gasteiger partial charge in [0.2, 0.25) is 5.91 Å². The highest BCUT2D eigenvalue weighted by molar-refractivity contribution is 5.92. The van der Waals surface area contributed by atoms with Crippen molar-refractivity contribution in [2.75, 3.05) is 24.6 Å². The predicted octanol–water partition coefficient (Wildman–Crippen LogP) is 3.47. The van der Waals surface area contributed by atoms with Crippen LogP contribution in [0.5, 0.6) is 0 Å². The van der Waals surface area contributed by atoms with Gasteiger partial charge in [0, 0.05) is 38.2 Å². The highest BCUT2D eigenvalue weighted by Crippen LogP contribution is 2.39. The van der Waals surface area contributed by atoms with Crippen LogP contribution in [0, 0.1) is 23.7 Å². The second-order valence-electron chi connectivity index (χ2n) is 13.4. The van der Waals surface area contributed by atoms with Crippen LogP contribution in [0.25, 0.3) is 5.78 Å². The fourth-order valence-corrected chi connectivity index (χ4v) is 7.64. The third-order valence-corrected chi connectivity index (χ3v) is 10.3. The Morgan fingerprint density at radius 1 is 1.20 bits per heavy atom. The minimum atomic E-state index is -4.40. The van der Waals surface area contributed by atoms with Crippen LogP contribution in [0.1, 0.15) is 80.3 Å². The molecule has 46 heavy (non-hydrogen) atoms. The molecule has 1 aliphatic carbocycles. The van der Waals surface area contributed by atoms with Crippen LogP contribution in [0.15, 0.2) is 18.5 Å². The Balaban J connectivity index is 1.24. The van der Waals surface area contributed by atoms with Crippen molar-refractivity contribution < 1.29 is 27.5 Å². The second-order valence-corrected chi connectivity index (χ2v) is 13.4. The van der Waals surface area contributed by atoms with E-state index in [1.165, 1.54) is 0 Å². The first-order valence-electron chi connectivity index (χ1n) is 16.4. The molecule has 3 aliphatic heterocycles. The molecule has 0 radical (unpaired) electrons. The zero-order chi connectivity index (χ0) is 32.2. The zero-order valence-electron chi connectivity index (χ0n) is 26.0. The number of hydrogen-bond donors (Lipinski definition) is 2. The van der Waals surface area contributed by atoms with Crippen LogP contribution in [0.4, 0.5) is 19.0 Å². The van der Waals surface area contributed by atoms with E-state index in [0.29, 0.717) is 54.3 Å². The molecule has 5 atom stereocenters. The number of amides is 2. The van der Waals surface area contributed by atoms with Crippen LogP contribution in [-0.2, 0) is 22.5 Å². The maximum Gasteiger partial charge on any atom is 0.393 e. The number of aromatic nitrogens is 6. The SMILES string of the molecule is CCn1nccc1C(=O)N[C@H](c1cn2nc(CC3C[C@@H](C(F)(F)F)CNC3=O)c(N3C[C@@H]4C[C@H]3CO4)nc2n1)C1CCC(C)CC1. The molecule has 248 valence electrons. The Hall–Kier alpha value is -3.75. The minimum Gasteiger partial charge on any atom is -0.374 e. The third kappa shape index (κ3) is 5.93. The summed E-state index contributed by atoms with van der Waals surface area (Å²) in [5, 5.41) is 14.8. The standard InChI is InChI=1S/C31H40F3N9O3/c1-3-42-25(8-9-36-42)29(45)38-26(18-6-4-17(2)5-7-18)24-15-43-30(37-24)39-27(41-14-22-12-21(41)16-46-22)23(40-43)11-19-10-20(31(32,33)34)13-35-28(19)44/h8-9,15,17-22,26H,3-7,10-14,16H2,1-2H3,(H,35,44)(H,38,45)/t17?,18?,19?,20-,21+,22+,26+/m1/s1. The van der Waals surface area contributed by atoms with E-state index in [2.05, 4.69) is 27.6 Å². The second kappa shape index (κ2) is 12.1. The van der Waals surface area contributed by atoms with E-state index in [0.717, 1.165) is 32.1 Å². The van der Waals surface area contributed by atoms with Gasteiger partial charge in [0.05, 0.1) is 42.6 Å². The predicted molar refractivity (Wildman–Crippen MR) is 160 cm³/mol. The van der Waals surface area contributed by atoms with E-state index in [-0.39, 0.29) is 36.8 Å². The fourth-order valence-electron chi connectivity index (χ4n) is 7.64. The molecule has 2 N–H and O–H groups in total. The van der Waals surface area contributed by atoms with Gasteiger partial charge >= 0.3 is 6.18 Å². The van der Waals surface area contributed by atoms with Crippen LogP contribution < -0.4 is 15.5 Å². The minimum absolute atomic E-state index is 0.0145. The smallest absolute Gasteiger partial charge is 0.374 e. The van der Waals surface area contributed by atoms with Gasteiger partial charge in [0.1, 0.15) is 11.4 Å². The summed E-state index contributed by atoms with van der Waals surface area (Å²) in [4.78, 5) is 38.2. The number of nitrogens with one attached hydrogen (secondary N) is 2. The Labute approximate surface area is 264 Å². The number of morpholine rings is 1. The number of nitrogens with zero attached hydrogens (tertiary/aromatic N) is 7. The van der Waals surface area contributed by atoms with E-state index in [1.54, 1.807) is 27.7 Å². The molecule has 3 aromatic rings. The lowest BCUT2D eigenvalue weighted by molar-refractivity contribution is -0.183. The van der Waals surface area contributed by atoms with E-state index in [4.69, 9.17) is 19.8 Å². The average molecular weight is 644 g/mol. The van der Waals surface area contributed by atoms with Crippen molar-refractivity contribution in [1.82, 2.24) is 40.0 Å². The molecular weight excluding hydrogens is 603 g/mol. The van der Waals surface area contributed by atoms with Crippen molar-refractivity contribution in [2.24, 2.45) is 23.7 Å². The van der Waals surface area contributed by atoms with Gasteiger partial charge in [-0.15, -0.1) is 0 Å². The summed E-state index contributed by atoms with van der Waals surface area (Å²) in [6, 6.07) is 1.36. The Kier molecular flexibility index (Phi) is 8.14. The van der Waals surface area contributed by atoms with Crippen LogP contribution in [0.2, 0.25) is 0 Å². The Morgan fingerprint density at radius 3 is 2.70 bits per heavy atom. The summed E-state index contributed by atoms with van der Waals surface area (Å²) in [6.07, 6.45) is 3.50. The molecule has 3 aromatic heterocycles. The average Bonchev–Trinajstić information content (AvgIpc) is 3.84. The number of alkyl halides is 3. The van der Waals surface area contributed by atoms with Crippen molar-refractivity contribution in [3.05, 3.63) is 35.5 Å². The lowest BCUT2D eigenvalue weighted by Crippen LogP contribution is -2.47. The van der Waals surface area contributed by atoms with Gasteiger partial charge in [-0.1, -0.05) is 19.8 Å². The number of carbonyl (C=O) groups excluding carboxylic acids is 2. The Bertz CT molecular complexity index is 1600. The molecule has 1 saturated carbocycles. The van der Waals surface area contributed by atoms with Gasteiger partial charge in [-0.05, 0) is 50.5 Å². The number of ether oxygens (including phenoxy) is 1. The van der Waals surface area contributed by atoms with Gasteiger partial charge in [-0.3, -0.25) is 14.3 Å². The van der Waals surface area contributed by atoms with Crippen molar-refractivity contribution in [1.29, 1.82) is 0 Å². The van der Waals surface area contributed by atoms with E-state index in [9.17, 15) is 22.8 Å². The summed E-state index contributed by atoms with van der Waals surface area (Å²) in [6.45, 7) is 5.42. The summed E-state index contributed by atoms with van der Waals surface area (Å²) < 4.78 is 49.9. The largest absolute Gasteiger partial charge is 0.393 e. The molecular formula is C31H40F3N9O3. The molecule has 4 fully saturated rings. The molecule has 0 spiro atoms. The van der Waals surface area contributed by atoms with Crippen LogP contribution >= 0.6 is 0 Å². The maximum absolute atomic E-state index is 13.6. The van der Waals surface area contributed by atoms with Gasteiger partial charge < -0.3 is 20.3 Å². The summed E-state index contributed by atoms with van der Waals surface area (Å²) in [5.41, 5.74) is 1.54. The Morgan fingerprint density at radius 2 is 2.00 bits per heavy atom. The van der Waals surface area contributed by atoms with Gasteiger partial charge in [-0.25, -0.2) is 9.50 Å². The van der Waals surface area contributed by atoms with Gasteiger partial charge in [0.25, 0.3) is 11.7 Å². The molecule has 0 aromatic carbocycles. The number of carbonyl (C=O) groups is 2. The summed E-state index contributed by atoms with van der Waals surface area (Å²) in [5.74, 6) is -1.54. The number of anilines is 1. The molecule has 6 heterocycles. The summed E-state index contributed by atoms with van der Waals surface area (Å²) >= 11 is 0. The molecule has 2 amide bonds. The van der Waals surface area contributed by atoms with Gasteiger partial charge in [0.15, 0.2) is 5.82 Å². The molecule has 1 unspecified atom stereocenters. The van der Waals surface area contributed by atoms with Gasteiger partial charge in [-0.2, -0.15) is 28.4 Å². The third-order valence-electron chi connectivity index (χ3n) is 10.3. The number of hydrogen-bond acceptors (Lipinski definition) is 8.